The maximum Gasteiger partial charge on any atom is 0.310 e. The molecule has 1 aromatic carbocycles. The SMILES string of the molecule is O=C(O)CCn1c(O)c(C2(O)C(=O)Nc3ccc(Br)cc32)sc1=O. The van der Waals surface area contributed by atoms with Crippen LogP contribution in [0.4, 0.5) is 5.69 Å². The molecule has 0 saturated heterocycles. The lowest BCUT2D eigenvalue weighted by Crippen LogP contribution is -2.34. The molecule has 1 atom stereocenters. The summed E-state index contributed by atoms with van der Waals surface area (Å²) in [4.78, 5) is 34.1. The molecule has 3 rings (SSSR count). The van der Waals surface area contributed by atoms with Crippen LogP contribution in [-0.2, 0) is 21.7 Å². The van der Waals surface area contributed by atoms with Crippen LogP contribution in [0.15, 0.2) is 27.5 Å². The number of fused-ring (bicyclic) bond motifs is 1. The number of hydrogen-bond acceptors (Lipinski definition) is 6. The van der Waals surface area contributed by atoms with Gasteiger partial charge in [-0.3, -0.25) is 19.0 Å². The van der Waals surface area contributed by atoms with Gasteiger partial charge in [0.1, 0.15) is 4.88 Å². The molecule has 126 valence electrons. The minimum absolute atomic E-state index is 0.198. The van der Waals surface area contributed by atoms with Crippen LogP contribution in [0.5, 0.6) is 5.88 Å². The van der Waals surface area contributed by atoms with Crippen LogP contribution in [0.2, 0.25) is 0 Å². The van der Waals surface area contributed by atoms with E-state index in [9.17, 15) is 24.6 Å². The van der Waals surface area contributed by atoms with Crippen LogP contribution >= 0.6 is 27.3 Å². The topological polar surface area (TPSA) is 129 Å². The van der Waals surface area contributed by atoms with Gasteiger partial charge in [0.15, 0.2) is 0 Å². The first-order chi connectivity index (χ1) is 11.2. The molecule has 10 heteroatoms. The normalized spacial score (nSPS) is 19.2. The van der Waals surface area contributed by atoms with E-state index < -0.39 is 28.2 Å². The first-order valence-corrected chi connectivity index (χ1v) is 8.34. The minimum Gasteiger partial charge on any atom is -0.493 e. The highest BCUT2D eigenvalue weighted by Gasteiger charge is 2.50. The second-order valence-electron chi connectivity index (χ2n) is 5.17. The van der Waals surface area contributed by atoms with Crippen molar-refractivity contribution in [2.75, 3.05) is 5.32 Å². The number of nitrogens with zero attached hydrogens (tertiary/aromatic N) is 1. The lowest BCUT2D eigenvalue weighted by Gasteiger charge is -2.19. The Kier molecular flexibility index (Phi) is 3.98. The highest BCUT2D eigenvalue weighted by Crippen LogP contribution is 2.45. The molecule has 0 spiro atoms. The highest BCUT2D eigenvalue weighted by molar-refractivity contribution is 9.10. The quantitative estimate of drug-likeness (QED) is 0.591. The largest absolute Gasteiger partial charge is 0.493 e. The molecule has 0 saturated carbocycles. The van der Waals surface area contributed by atoms with E-state index in [1.165, 1.54) is 6.07 Å². The Morgan fingerprint density at radius 2 is 2.08 bits per heavy atom. The summed E-state index contributed by atoms with van der Waals surface area (Å²) in [6, 6.07) is 4.76. The van der Waals surface area contributed by atoms with Gasteiger partial charge in [-0.05, 0) is 18.2 Å². The monoisotopic (exact) mass is 414 g/mol. The lowest BCUT2D eigenvalue weighted by atomic mass is 9.94. The van der Waals surface area contributed by atoms with Crippen LogP contribution < -0.4 is 10.2 Å². The molecule has 2 heterocycles. The number of aromatic hydroxyl groups is 1. The zero-order chi connectivity index (χ0) is 17.6. The summed E-state index contributed by atoms with van der Waals surface area (Å²) in [5.41, 5.74) is -1.66. The Morgan fingerprint density at radius 1 is 1.38 bits per heavy atom. The number of carbonyl (C=O) groups excluding carboxylic acids is 1. The van der Waals surface area contributed by atoms with Gasteiger partial charge in [-0.15, -0.1) is 0 Å². The second kappa shape index (κ2) is 5.72. The summed E-state index contributed by atoms with van der Waals surface area (Å²) in [6.45, 7) is -0.264. The van der Waals surface area contributed by atoms with E-state index in [0.29, 0.717) is 21.5 Å². The Hall–Kier alpha value is -2.17. The van der Waals surface area contributed by atoms with Gasteiger partial charge in [0.2, 0.25) is 11.5 Å². The first kappa shape index (κ1) is 16.7. The number of aliphatic hydroxyl groups is 1. The summed E-state index contributed by atoms with van der Waals surface area (Å²) < 4.78 is 1.43. The molecule has 0 bridgehead atoms. The molecule has 0 fully saturated rings. The Balaban J connectivity index is 2.14. The summed E-state index contributed by atoms with van der Waals surface area (Å²) in [5.74, 6) is -2.55. The molecule has 1 aliphatic heterocycles. The van der Waals surface area contributed by atoms with Crippen molar-refractivity contribution in [3.63, 3.8) is 0 Å². The van der Waals surface area contributed by atoms with Crippen molar-refractivity contribution in [1.82, 2.24) is 4.57 Å². The molecule has 24 heavy (non-hydrogen) atoms. The fourth-order valence-corrected chi connectivity index (χ4v) is 3.90. The number of carboxylic acids is 1. The average molecular weight is 415 g/mol. The van der Waals surface area contributed by atoms with Gasteiger partial charge in [-0.25, -0.2) is 0 Å². The standard InChI is InChI=1S/C14H11BrN2O6S/c15-6-1-2-8-7(5-6)14(23,12(21)16-8)10-11(20)17(13(22)24-10)4-3-9(18)19/h1-2,5,20,23H,3-4H2,(H,16,21)(H,18,19). The smallest absolute Gasteiger partial charge is 0.310 e. The van der Waals surface area contributed by atoms with Gasteiger partial charge in [-0.2, -0.15) is 0 Å². The maximum absolute atomic E-state index is 12.3. The number of anilines is 1. The average Bonchev–Trinajstić information content (AvgIpc) is 2.93. The highest BCUT2D eigenvalue weighted by atomic mass is 79.9. The number of halogens is 1. The minimum atomic E-state index is -2.22. The van der Waals surface area contributed by atoms with Gasteiger partial charge in [0, 0.05) is 22.3 Å². The summed E-state index contributed by atoms with van der Waals surface area (Å²) >= 11 is 3.75. The van der Waals surface area contributed by atoms with E-state index in [0.717, 1.165) is 4.57 Å². The van der Waals surface area contributed by atoms with Gasteiger partial charge in [0.25, 0.3) is 5.91 Å². The van der Waals surface area contributed by atoms with Gasteiger partial charge < -0.3 is 20.6 Å². The van der Waals surface area contributed by atoms with Crippen molar-refractivity contribution in [1.29, 1.82) is 0 Å². The molecule has 0 aliphatic carbocycles. The number of rotatable bonds is 4. The third kappa shape index (κ3) is 2.43. The predicted octanol–water partition coefficient (Wildman–Crippen LogP) is 1.04. The Labute approximate surface area is 147 Å². The molecule has 1 amide bonds. The number of aliphatic carboxylic acids is 1. The van der Waals surface area contributed by atoms with Crippen molar-refractivity contribution >= 4 is 44.8 Å². The summed E-state index contributed by atoms with van der Waals surface area (Å²) in [5, 5.41) is 32.5. The molecule has 1 unspecified atom stereocenters. The van der Waals surface area contributed by atoms with Crippen molar-refractivity contribution in [3.05, 3.63) is 42.8 Å². The van der Waals surface area contributed by atoms with Gasteiger partial charge >= 0.3 is 10.8 Å². The molecular weight excluding hydrogens is 404 g/mol. The number of thiazole rings is 1. The van der Waals surface area contributed by atoms with Crippen molar-refractivity contribution in [2.24, 2.45) is 0 Å². The molecule has 1 aliphatic rings. The van der Waals surface area contributed by atoms with Crippen LogP contribution in [0.25, 0.3) is 0 Å². The van der Waals surface area contributed by atoms with Crippen LogP contribution in [0.1, 0.15) is 16.9 Å². The Bertz CT molecular complexity index is 920. The molecule has 4 N–H and O–H groups in total. The maximum atomic E-state index is 12.3. The van der Waals surface area contributed by atoms with E-state index in [4.69, 9.17) is 5.11 Å². The fraction of sp³-hybridized carbons (Fsp3) is 0.214. The second-order valence-corrected chi connectivity index (χ2v) is 7.05. The van der Waals surface area contributed by atoms with Crippen molar-refractivity contribution < 1.29 is 24.9 Å². The van der Waals surface area contributed by atoms with Crippen LogP contribution in [0.3, 0.4) is 0 Å². The van der Waals surface area contributed by atoms with Crippen LogP contribution in [0, 0.1) is 0 Å². The predicted molar refractivity (Wildman–Crippen MR) is 88.3 cm³/mol. The van der Waals surface area contributed by atoms with E-state index in [1.807, 2.05) is 0 Å². The van der Waals surface area contributed by atoms with Gasteiger partial charge in [-0.1, -0.05) is 27.3 Å². The fourth-order valence-electron chi connectivity index (χ4n) is 2.52. The van der Waals surface area contributed by atoms with Crippen molar-refractivity contribution in [2.45, 2.75) is 18.6 Å². The number of benzene rings is 1. The number of hydrogen-bond donors (Lipinski definition) is 4. The number of aromatic nitrogens is 1. The summed E-state index contributed by atoms with van der Waals surface area (Å²) in [7, 11) is 0. The lowest BCUT2D eigenvalue weighted by molar-refractivity contribution is -0.137. The number of carbonyl (C=O) groups is 2. The first-order valence-electron chi connectivity index (χ1n) is 6.74. The van der Waals surface area contributed by atoms with E-state index >= 15 is 0 Å². The zero-order valence-electron chi connectivity index (χ0n) is 11.9. The van der Waals surface area contributed by atoms with Crippen LogP contribution in [-0.4, -0.2) is 31.8 Å². The third-order valence-corrected chi connectivity index (χ3v) is 5.26. The number of carboxylic acid groups (broad SMARTS) is 1. The molecule has 1 aromatic heterocycles. The zero-order valence-corrected chi connectivity index (χ0v) is 14.3. The molecule has 0 radical (unpaired) electrons. The van der Waals surface area contributed by atoms with E-state index in [-0.39, 0.29) is 23.4 Å². The number of amides is 1. The van der Waals surface area contributed by atoms with E-state index in [1.54, 1.807) is 12.1 Å². The third-order valence-electron chi connectivity index (χ3n) is 3.69. The molecule has 8 nitrogen and oxygen atoms in total. The Morgan fingerprint density at radius 3 is 2.75 bits per heavy atom. The molecular formula is C14H11BrN2O6S. The van der Waals surface area contributed by atoms with E-state index in [2.05, 4.69) is 21.2 Å². The summed E-state index contributed by atoms with van der Waals surface area (Å²) in [6.07, 6.45) is -0.379. The van der Waals surface area contributed by atoms with Crippen molar-refractivity contribution in [3.8, 4) is 5.88 Å². The van der Waals surface area contributed by atoms with Gasteiger partial charge in [0.05, 0.1) is 6.42 Å². The molecule has 2 aromatic rings. The number of nitrogens with one attached hydrogen (secondary N) is 1.